The fourth-order valence-electron chi connectivity index (χ4n) is 3.00. The first-order chi connectivity index (χ1) is 9.24. The minimum Gasteiger partial charge on any atom is -0.508 e. The Bertz CT molecular complexity index is 522. The quantitative estimate of drug-likeness (QED) is 0.887. The topological polar surface area (TPSA) is 60.8 Å². The molecule has 0 fully saturated rings. The number of nitrogens with zero attached hydrogens (tertiary/aromatic N) is 1. The fraction of sp³-hybridized carbons (Fsp3) is 0.562. The van der Waals surface area contributed by atoms with Crippen LogP contribution in [-0.2, 0) is 4.79 Å². The zero-order chi connectivity index (χ0) is 15.1. The third-order valence-corrected chi connectivity index (χ3v) is 4.15. The van der Waals surface area contributed by atoms with Crippen molar-refractivity contribution in [2.45, 2.75) is 46.1 Å². The Hall–Kier alpha value is -1.71. The molecule has 1 heterocycles. The van der Waals surface area contributed by atoms with Gasteiger partial charge in [-0.15, -0.1) is 0 Å². The zero-order valence-corrected chi connectivity index (χ0v) is 12.6. The summed E-state index contributed by atoms with van der Waals surface area (Å²) in [6, 6.07) is 5.86. The van der Waals surface area contributed by atoms with Crippen LogP contribution in [0.3, 0.4) is 0 Å². The normalized spacial score (nSPS) is 18.4. The van der Waals surface area contributed by atoms with Crippen molar-refractivity contribution >= 4 is 11.7 Å². The summed E-state index contributed by atoms with van der Waals surface area (Å²) in [5, 5.41) is 19.5. The molecule has 1 aliphatic rings. The van der Waals surface area contributed by atoms with E-state index in [0.29, 0.717) is 12.5 Å². The van der Waals surface area contributed by atoms with Gasteiger partial charge in [0.25, 0.3) is 0 Å². The second kappa shape index (κ2) is 5.00. The van der Waals surface area contributed by atoms with E-state index in [9.17, 15) is 15.0 Å². The lowest BCUT2D eigenvalue weighted by Crippen LogP contribution is -2.32. The summed E-state index contributed by atoms with van der Waals surface area (Å²) >= 11 is 0. The van der Waals surface area contributed by atoms with Crippen molar-refractivity contribution in [3.63, 3.8) is 0 Å². The Morgan fingerprint density at radius 2 is 2.10 bits per heavy atom. The van der Waals surface area contributed by atoms with E-state index in [-0.39, 0.29) is 11.7 Å². The Morgan fingerprint density at radius 3 is 2.65 bits per heavy atom. The van der Waals surface area contributed by atoms with Gasteiger partial charge in [-0.3, -0.25) is 4.79 Å². The van der Waals surface area contributed by atoms with Crippen LogP contribution >= 0.6 is 0 Å². The molecule has 20 heavy (non-hydrogen) atoms. The van der Waals surface area contributed by atoms with E-state index in [1.807, 2.05) is 12.1 Å². The van der Waals surface area contributed by atoms with Crippen molar-refractivity contribution in [1.82, 2.24) is 0 Å². The number of aromatic hydroxyl groups is 1. The molecule has 0 spiro atoms. The van der Waals surface area contributed by atoms with Crippen molar-refractivity contribution in [2.24, 2.45) is 5.41 Å². The molecule has 2 rings (SSSR count). The molecule has 0 saturated carbocycles. The third kappa shape index (κ3) is 2.47. The lowest BCUT2D eigenvalue weighted by atomic mass is 9.80. The maximum absolute atomic E-state index is 11.3. The van der Waals surface area contributed by atoms with Crippen LogP contribution in [-0.4, -0.2) is 28.8 Å². The Balaban J connectivity index is 2.37. The van der Waals surface area contributed by atoms with Gasteiger partial charge in [-0.25, -0.2) is 0 Å². The first-order valence-electron chi connectivity index (χ1n) is 7.06. The number of carboxylic acids is 1. The smallest absolute Gasteiger partial charge is 0.309 e. The Labute approximate surface area is 120 Å². The number of aliphatic carboxylic acids is 1. The van der Waals surface area contributed by atoms with Gasteiger partial charge in [0.05, 0.1) is 5.41 Å². The number of fused-ring (bicyclic) bond motifs is 1. The Morgan fingerprint density at radius 1 is 1.45 bits per heavy atom. The molecule has 0 amide bonds. The van der Waals surface area contributed by atoms with Gasteiger partial charge < -0.3 is 15.1 Å². The first-order valence-corrected chi connectivity index (χ1v) is 7.06. The second-order valence-corrected chi connectivity index (χ2v) is 6.55. The van der Waals surface area contributed by atoms with E-state index < -0.39 is 11.4 Å². The van der Waals surface area contributed by atoms with E-state index in [1.165, 1.54) is 0 Å². The highest BCUT2D eigenvalue weighted by Gasteiger charge is 2.38. The standard InChI is InChI=1S/C16H23NO3/c1-10(2)17-9-11(8-16(3,4)15(19)20)14-12(17)6-5-7-13(14)18/h5-7,10-11,18H,8-9H2,1-4H3,(H,19,20). The van der Waals surface area contributed by atoms with Gasteiger partial charge in [0.15, 0.2) is 0 Å². The molecular weight excluding hydrogens is 254 g/mol. The predicted octanol–water partition coefficient (Wildman–Crippen LogP) is 3.21. The van der Waals surface area contributed by atoms with Crippen LogP contribution in [0.4, 0.5) is 5.69 Å². The number of phenols is 1. The number of rotatable bonds is 4. The molecule has 1 atom stereocenters. The number of hydrogen-bond donors (Lipinski definition) is 2. The van der Waals surface area contributed by atoms with Crippen molar-refractivity contribution in [1.29, 1.82) is 0 Å². The van der Waals surface area contributed by atoms with Gasteiger partial charge in [-0.05, 0) is 46.2 Å². The van der Waals surface area contributed by atoms with Crippen LogP contribution in [0.5, 0.6) is 5.75 Å². The largest absolute Gasteiger partial charge is 0.508 e. The van der Waals surface area contributed by atoms with E-state index in [1.54, 1.807) is 19.9 Å². The molecule has 1 aromatic carbocycles. The molecule has 4 heteroatoms. The number of phenolic OH excluding ortho intramolecular Hbond substituents is 1. The molecule has 0 aromatic heterocycles. The lowest BCUT2D eigenvalue weighted by molar-refractivity contribution is -0.147. The Kier molecular flexibility index (Phi) is 3.67. The van der Waals surface area contributed by atoms with Crippen molar-refractivity contribution in [3.8, 4) is 5.75 Å². The maximum atomic E-state index is 11.3. The first kappa shape index (κ1) is 14.7. The number of carbonyl (C=O) groups is 1. The van der Waals surface area contributed by atoms with Gasteiger partial charge in [-0.2, -0.15) is 0 Å². The van der Waals surface area contributed by atoms with Crippen LogP contribution in [0.2, 0.25) is 0 Å². The lowest BCUT2D eigenvalue weighted by Gasteiger charge is -2.26. The molecule has 0 bridgehead atoms. The molecule has 1 aliphatic heterocycles. The summed E-state index contributed by atoms with van der Waals surface area (Å²) in [6.45, 7) is 8.47. The predicted molar refractivity (Wildman–Crippen MR) is 79.4 cm³/mol. The minimum atomic E-state index is -0.794. The van der Waals surface area contributed by atoms with Crippen molar-refractivity contribution in [3.05, 3.63) is 23.8 Å². The van der Waals surface area contributed by atoms with E-state index in [0.717, 1.165) is 17.8 Å². The van der Waals surface area contributed by atoms with Gasteiger partial charge in [0.2, 0.25) is 0 Å². The van der Waals surface area contributed by atoms with E-state index in [2.05, 4.69) is 18.7 Å². The number of carboxylic acid groups (broad SMARTS) is 1. The highest BCUT2D eigenvalue weighted by atomic mass is 16.4. The summed E-state index contributed by atoms with van der Waals surface area (Å²) in [6.07, 6.45) is 0.524. The van der Waals surface area contributed by atoms with Crippen molar-refractivity contribution in [2.75, 3.05) is 11.4 Å². The van der Waals surface area contributed by atoms with Crippen LogP contribution in [0.25, 0.3) is 0 Å². The molecule has 1 aromatic rings. The molecule has 4 nitrogen and oxygen atoms in total. The number of anilines is 1. The van der Waals surface area contributed by atoms with Gasteiger partial charge in [0.1, 0.15) is 5.75 Å². The van der Waals surface area contributed by atoms with Crippen LogP contribution in [0, 0.1) is 5.41 Å². The molecule has 0 radical (unpaired) electrons. The van der Waals surface area contributed by atoms with Gasteiger partial charge in [-0.1, -0.05) is 6.07 Å². The summed E-state index contributed by atoms with van der Waals surface area (Å²) in [5.41, 5.74) is 1.14. The molecule has 110 valence electrons. The summed E-state index contributed by atoms with van der Waals surface area (Å²) < 4.78 is 0. The summed E-state index contributed by atoms with van der Waals surface area (Å²) in [5.74, 6) is -0.464. The van der Waals surface area contributed by atoms with Crippen molar-refractivity contribution < 1.29 is 15.0 Å². The number of hydrogen-bond acceptors (Lipinski definition) is 3. The average Bonchev–Trinajstić information content (AvgIpc) is 2.68. The van der Waals surface area contributed by atoms with Crippen LogP contribution in [0.1, 0.15) is 45.6 Å². The fourth-order valence-corrected chi connectivity index (χ4v) is 3.00. The zero-order valence-electron chi connectivity index (χ0n) is 12.6. The third-order valence-electron chi connectivity index (χ3n) is 4.15. The van der Waals surface area contributed by atoms with Crippen LogP contribution in [0.15, 0.2) is 18.2 Å². The monoisotopic (exact) mass is 277 g/mol. The highest BCUT2D eigenvalue weighted by molar-refractivity contribution is 5.74. The number of benzene rings is 1. The molecular formula is C16H23NO3. The molecule has 0 aliphatic carbocycles. The van der Waals surface area contributed by atoms with Gasteiger partial charge >= 0.3 is 5.97 Å². The maximum Gasteiger partial charge on any atom is 0.309 e. The average molecular weight is 277 g/mol. The highest BCUT2D eigenvalue weighted by Crippen LogP contribution is 2.46. The van der Waals surface area contributed by atoms with Gasteiger partial charge in [0, 0.05) is 29.8 Å². The summed E-state index contributed by atoms with van der Waals surface area (Å²) in [4.78, 5) is 13.6. The summed E-state index contributed by atoms with van der Waals surface area (Å²) in [7, 11) is 0. The molecule has 2 N–H and O–H groups in total. The molecule has 0 saturated heterocycles. The van der Waals surface area contributed by atoms with Crippen LogP contribution < -0.4 is 4.90 Å². The van der Waals surface area contributed by atoms with E-state index >= 15 is 0 Å². The molecule has 1 unspecified atom stereocenters. The van der Waals surface area contributed by atoms with E-state index in [4.69, 9.17) is 0 Å². The SMILES string of the molecule is CC(C)N1CC(CC(C)(C)C(=O)O)c2c(O)cccc21. The second-order valence-electron chi connectivity index (χ2n) is 6.55. The minimum absolute atomic E-state index is 0.0553.